The van der Waals surface area contributed by atoms with Crippen LogP contribution in [-0.2, 0) is 28.1 Å². The van der Waals surface area contributed by atoms with Crippen LogP contribution in [0, 0.1) is 5.92 Å². The Morgan fingerprint density at radius 3 is 1.91 bits per heavy atom. The first kappa shape index (κ1) is 23.5. The number of fused-ring (bicyclic) bond motifs is 1. The smallest absolute Gasteiger partial charge is 0.149 e. The van der Waals surface area contributed by atoms with Crippen LogP contribution >= 0.6 is 0 Å². The molecule has 0 fully saturated rings. The topological polar surface area (TPSA) is 50.9 Å². The number of imidazole rings is 1. The van der Waals surface area contributed by atoms with Crippen LogP contribution in [-0.4, -0.2) is 19.6 Å². The third-order valence-electron chi connectivity index (χ3n) is 11.7. The lowest BCUT2D eigenvalue weighted by atomic mass is 9.79. The van der Waals surface area contributed by atoms with E-state index in [9.17, 15) is 5.11 Å². The van der Waals surface area contributed by atoms with Gasteiger partial charge in [-0.25, -0.2) is 4.98 Å². The van der Waals surface area contributed by atoms with Crippen molar-refractivity contribution >= 4 is 11.0 Å². The highest BCUT2D eigenvalue weighted by molar-refractivity contribution is 5.97. The molecule has 0 spiro atoms. The number of para-hydroxylation sites is 1. The first-order chi connectivity index (χ1) is 42.2. The van der Waals surface area contributed by atoms with Gasteiger partial charge in [-0.3, -0.25) is 9.55 Å². The van der Waals surface area contributed by atoms with E-state index in [0.29, 0.717) is 46.0 Å². The molecular weight excluding hydrogens is 803 g/mol. The molecule has 0 saturated heterocycles. The summed E-state index contributed by atoms with van der Waals surface area (Å²) in [4.78, 5) is 9.86. The van der Waals surface area contributed by atoms with Crippen molar-refractivity contribution in [2.24, 2.45) is 5.92 Å². The molecule has 0 atom stereocenters. The number of nitrogens with zero attached hydrogens (tertiary/aromatic N) is 3. The number of hydrogen-bond donors (Lipinski definition) is 1. The van der Waals surface area contributed by atoms with Gasteiger partial charge in [0.1, 0.15) is 11.6 Å². The van der Waals surface area contributed by atoms with Gasteiger partial charge >= 0.3 is 0 Å². The number of aromatic hydroxyl groups is 1. The molecule has 2 aromatic heterocycles. The summed E-state index contributed by atoms with van der Waals surface area (Å²) in [5, 5.41) is 13.1. The summed E-state index contributed by atoms with van der Waals surface area (Å²) < 4.78 is 234. The van der Waals surface area contributed by atoms with Crippen LogP contribution in [0.2, 0.25) is 0 Å². The Balaban J connectivity index is 1.52. The molecule has 0 bridgehead atoms. The predicted octanol–water partition coefficient (Wildman–Crippen LogP) is 16.8. The minimum Gasteiger partial charge on any atom is -0.507 e. The zero-order valence-corrected chi connectivity index (χ0v) is 37.4. The zero-order chi connectivity index (χ0) is 70.0. The van der Waals surface area contributed by atoms with Crippen LogP contribution in [0.25, 0.3) is 72.7 Å². The Kier molecular flexibility index (Phi) is 6.11. The summed E-state index contributed by atoms with van der Waals surface area (Å²) >= 11 is 0. The molecule has 0 aliphatic heterocycles. The molecule has 0 aliphatic rings. The number of benzene rings is 6. The molecule has 0 radical (unpaired) electrons. The second-order valence-electron chi connectivity index (χ2n) is 18.5. The number of phenolic OH excluding ortho intramolecular Hbond substituents is 1. The number of rotatable bonds is 8. The summed E-state index contributed by atoms with van der Waals surface area (Å²) in [7, 11) is 0. The number of aromatic nitrogens is 3. The van der Waals surface area contributed by atoms with Crippen molar-refractivity contribution in [3.63, 3.8) is 0 Å². The van der Waals surface area contributed by atoms with E-state index in [1.807, 2.05) is 83.1 Å². The Labute approximate surface area is 432 Å². The number of pyridine rings is 1. The van der Waals surface area contributed by atoms with Gasteiger partial charge in [0.05, 0.1) is 22.3 Å². The van der Waals surface area contributed by atoms with Crippen molar-refractivity contribution < 1.29 is 42.1 Å². The molecule has 0 saturated carbocycles. The molecule has 4 nitrogen and oxygen atoms in total. The third-order valence-corrected chi connectivity index (χ3v) is 11.7. The van der Waals surface area contributed by atoms with Crippen molar-refractivity contribution in [3.8, 4) is 67.5 Å². The molecule has 338 valence electrons. The molecule has 4 heteroatoms. The van der Waals surface area contributed by atoms with E-state index in [2.05, 4.69) is 0 Å². The fraction of sp³-hybridized carbons (Fsp3) is 0.323. The first-order valence-corrected chi connectivity index (χ1v) is 21.5. The number of phenols is 1. The van der Waals surface area contributed by atoms with Crippen LogP contribution in [0.4, 0.5) is 0 Å². The highest BCUT2D eigenvalue weighted by Gasteiger charge is 2.29. The maximum absolute atomic E-state index is 13.1. The fourth-order valence-electron chi connectivity index (χ4n) is 8.35. The third kappa shape index (κ3) is 9.38. The van der Waals surface area contributed by atoms with Gasteiger partial charge in [-0.1, -0.05) is 181 Å². The Bertz CT molecular complexity index is 3960. The summed E-state index contributed by atoms with van der Waals surface area (Å²) in [6.07, 6.45) is 1.95. The van der Waals surface area contributed by atoms with E-state index in [1.165, 1.54) is 35.0 Å². The van der Waals surface area contributed by atoms with Crippen molar-refractivity contribution in [2.45, 2.75) is 124 Å². The molecule has 2 heterocycles. The van der Waals surface area contributed by atoms with Crippen molar-refractivity contribution in [1.29, 1.82) is 0 Å². The van der Waals surface area contributed by atoms with Gasteiger partial charge in [0.25, 0.3) is 0 Å². The normalized spacial score (nSPS) is 20.4. The molecule has 8 aromatic rings. The van der Waals surface area contributed by atoms with Crippen LogP contribution in [0.5, 0.6) is 5.75 Å². The highest BCUT2D eigenvalue weighted by Crippen LogP contribution is 2.45. The van der Waals surface area contributed by atoms with E-state index in [-0.39, 0.29) is 28.7 Å². The molecule has 0 amide bonds. The van der Waals surface area contributed by atoms with Gasteiger partial charge in [-0.15, -0.1) is 0 Å². The van der Waals surface area contributed by atoms with Gasteiger partial charge in [-0.05, 0) is 133 Å². The van der Waals surface area contributed by atoms with Gasteiger partial charge in [-0.2, -0.15) is 0 Å². The standard InChI is InChI=1S/C62H69N3O/c1-39(2)31-43-35-49(27-28-50(43)41-19-16-15-17-20-41)65-55-22-18-21-51(56(55)64-58(65)52-37-48(61(9,10)11)38-53(57(52)66)62(12,13)14)44-32-45(34-47(33-44)60(6,7)8)54-36-42(29-30-63-54)40-23-25-46(26-24-40)59(3,4)5/h15-30,32-39,66H,31H2,1-14H3/i3D3,4D3,5D3,9D3,10D3,11D3,12D3,13D3,14D3. The van der Waals surface area contributed by atoms with Crippen molar-refractivity contribution in [2.75, 3.05) is 0 Å². The second-order valence-corrected chi connectivity index (χ2v) is 18.5. The minimum absolute atomic E-state index is 0.0255. The van der Waals surface area contributed by atoms with Crippen LogP contribution in [0.3, 0.4) is 0 Å². The molecule has 0 aliphatic carbocycles. The molecule has 8 rings (SSSR count). The molecule has 0 unspecified atom stereocenters. The van der Waals surface area contributed by atoms with Crippen LogP contribution in [0.15, 0.2) is 140 Å². The van der Waals surface area contributed by atoms with E-state index in [1.54, 1.807) is 48.5 Å². The largest absolute Gasteiger partial charge is 0.507 e. The van der Waals surface area contributed by atoms with Gasteiger partial charge in [0, 0.05) is 65.6 Å². The maximum Gasteiger partial charge on any atom is 0.149 e. The van der Waals surface area contributed by atoms with Crippen molar-refractivity contribution in [3.05, 3.63) is 167 Å². The van der Waals surface area contributed by atoms with Gasteiger partial charge in [0.15, 0.2) is 0 Å². The van der Waals surface area contributed by atoms with E-state index >= 15 is 0 Å². The Hall–Kier alpha value is -6.26. The van der Waals surface area contributed by atoms with E-state index in [0.717, 1.165) is 22.3 Å². The molecule has 66 heavy (non-hydrogen) atoms. The Morgan fingerprint density at radius 1 is 0.545 bits per heavy atom. The summed E-state index contributed by atoms with van der Waals surface area (Å²) in [6.45, 7) is -25.5. The summed E-state index contributed by atoms with van der Waals surface area (Å²) in [5.74, 6) is -1.87. The minimum atomic E-state index is -4.20. The first-order valence-electron chi connectivity index (χ1n) is 35.0. The van der Waals surface area contributed by atoms with E-state index < -0.39 is 117 Å². The quantitative estimate of drug-likeness (QED) is 0.165. The fourth-order valence-corrected chi connectivity index (χ4v) is 8.35. The summed E-state index contributed by atoms with van der Waals surface area (Å²) in [6, 6.07) is 34.6. The lowest BCUT2D eigenvalue weighted by Gasteiger charge is -2.27. The molecule has 1 N–H and O–H groups in total. The average Bonchev–Trinajstić information content (AvgIpc) is 1.01. The van der Waals surface area contributed by atoms with Gasteiger partial charge in [0.2, 0.25) is 0 Å². The average molecular weight is 899 g/mol. The summed E-state index contributed by atoms with van der Waals surface area (Å²) in [5.41, 5.74) is -9.95. The van der Waals surface area contributed by atoms with Crippen molar-refractivity contribution in [1.82, 2.24) is 14.5 Å². The van der Waals surface area contributed by atoms with Crippen LogP contribution < -0.4 is 0 Å². The predicted molar refractivity (Wildman–Crippen MR) is 281 cm³/mol. The van der Waals surface area contributed by atoms with E-state index in [4.69, 9.17) is 47.0 Å². The SMILES string of the molecule is [2H]C([2H])([2H])C(c1ccc(-c2ccnc(-c3cc(-c4cccc5c4nc(-c4cc(C(C([2H])([2H])[2H])(C([2H])([2H])[2H])C([2H])([2H])[2H])cc(C(C([2H])([2H])[2H])(C([2H])([2H])[2H])C([2H])([2H])[2H])c4O)n5-c4ccc(-c5ccccc5)c(CC(C)C)c4)cc(C(C)(C)C)c3)c2)cc1)(C([2H])([2H])[2H])C([2H])([2H])[2H]. The lowest BCUT2D eigenvalue weighted by molar-refractivity contribution is 0.446. The van der Waals surface area contributed by atoms with Gasteiger partial charge < -0.3 is 5.11 Å². The maximum atomic E-state index is 13.1. The monoisotopic (exact) mass is 899 g/mol. The Morgan fingerprint density at radius 2 is 1.23 bits per heavy atom. The zero-order valence-electron chi connectivity index (χ0n) is 64.4. The molecular formula is C62H69N3O. The molecule has 6 aromatic carbocycles. The highest BCUT2D eigenvalue weighted by atomic mass is 16.3. The number of hydrogen-bond acceptors (Lipinski definition) is 3. The van der Waals surface area contributed by atoms with Crippen LogP contribution in [0.1, 0.15) is 161 Å². The lowest BCUT2D eigenvalue weighted by Crippen LogP contribution is -2.17. The second kappa shape index (κ2) is 17.2.